The van der Waals surface area contributed by atoms with Crippen molar-refractivity contribution in [3.05, 3.63) is 0 Å². The molecule has 1 aliphatic heterocycles. The normalized spacial score (nSPS) is 33.0. The van der Waals surface area contributed by atoms with Crippen LogP contribution < -0.4 is 5.32 Å². The Kier molecular flexibility index (Phi) is 4.43. The van der Waals surface area contributed by atoms with Crippen LogP contribution in [0.5, 0.6) is 0 Å². The fourth-order valence-electron chi connectivity index (χ4n) is 2.88. The van der Waals surface area contributed by atoms with Crippen LogP contribution in [0.3, 0.4) is 0 Å². The first-order valence-corrected chi connectivity index (χ1v) is 8.30. The van der Waals surface area contributed by atoms with Gasteiger partial charge in [0.15, 0.2) is 0 Å². The minimum Gasteiger partial charge on any atom is -0.311 e. The maximum Gasteiger partial charge on any atom is 0.0285 e. The number of hydrogen-bond donors (Lipinski definition) is 1. The van der Waals surface area contributed by atoms with Gasteiger partial charge < -0.3 is 5.32 Å². The summed E-state index contributed by atoms with van der Waals surface area (Å²) in [5.74, 6) is 0.804. The second-order valence-electron chi connectivity index (χ2n) is 6.40. The lowest BCUT2D eigenvalue weighted by Gasteiger charge is -2.41. The van der Waals surface area contributed by atoms with Gasteiger partial charge in [0, 0.05) is 36.5 Å². The van der Waals surface area contributed by atoms with Gasteiger partial charge in [-0.1, -0.05) is 13.8 Å². The highest BCUT2D eigenvalue weighted by molar-refractivity contribution is 8.00. The van der Waals surface area contributed by atoms with Crippen LogP contribution in [-0.4, -0.2) is 47.6 Å². The molecule has 0 aromatic heterocycles. The molecule has 1 heterocycles. The molecule has 2 aliphatic rings. The van der Waals surface area contributed by atoms with Crippen molar-refractivity contribution in [2.24, 2.45) is 5.92 Å². The minimum absolute atomic E-state index is 0.619. The van der Waals surface area contributed by atoms with Crippen molar-refractivity contribution in [3.63, 3.8) is 0 Å². The topological polar surface area (TPSA) is 15.3 Å². The molecule has 1 N–H and O–H groups in total. The molecule has 0 aromatic rings. The Hall–Kier alpha value is 0.270. The summed E-state index contributed by atoms with van der Waals surface area (Å²) in [5.41, 5.74) is 0. The lowest BCUT2D eigenvalue weighted by Crippen LogP contribution is -2.57. The average molecular weight is 256 g/mol. The molecule has 100 valence electrons. The molecule has 0 radical (unpaired) electrons. The Bertz CT molecular complexity index is 251. The Labute approximate surface area is 111 Å². The quantitative estimate of drug-likeness (QED) is 0.814. The third-order valence-corrected chi connectivity index (χ3v) is 5.67. The first-order chi connectivity index (χ1) is 8.04. The maximum atomic E-state index is 3.71. The fraction of sp³-hybridized carbons (Fsp3) is 1.00. The molecule has 3 heteroatoms. The molecule has 2 nitrogen and oxygen atoms in total. The van der Waals surface area contributed by atoms with E-state index in [1.165, 1.54) is 38.9 Å². The van der Waals surface area contributed by atoms with Gasteiger partial charge in [-0.2, -0.15) is 11.8 Å². The molecule has 2 atom stereocenters. The average Bonchev–Trinajstić information content (AvgIpc) is 3.03. The Morgan fingerprint density at radius 3 is 2.65 bits per heavy atom. The smallest absolute Gasteiger partial charge is 0.0285 e. The predicted octanol–water partition coefficient (Wildman–Crippen LogP) is 2.59. The monoisotopic (exact) mass is 256 g/mol. The number of nitrogens with zero attached hydrogens (tertiary/aromatic N) is 1. The Morgan fingerprint density at radius 2 is 2.12 bits per heavy atom. The summed E-state index contributed by atoms with van der Waals surface area (Å²) in [6, 6.07) is 1.42. The summed E-state index contributed by atoms with van der Waals surface area (Å²) in [6.45, 7) is 10.8. The lowest BCUT2D eigenvalue weighted by molar-refractivity contribution is 0.130. The zero-order chi connectivity index (χ0) is 12.5. The van der Waals surface area contributed by atoms with Gasteiger partial charge in [-0.25, -0.2) is 0 Å². The van der Waals surface area contributed by atoms with E-state index in [1.807, 2.05) is 0 Å². The van der Waals surface area contributed by atoms with Crippen molar-refractivity contribution in [1.29, 1.82) is 0 Å². The van der Waals surface area contributed by atoms with Crippen LogP contribution in [0.4, 0.5) is 0 Å². The summed E-state index contributed by atoms with van der Waals surface area (Å²) in [6.07, 6.45) is 6.46. The zero-order valence-electron chi connectivity index (χ0n) is 11.8. The van der Waals surface area contributed by atoms with Crippen LogP contribution in [0.25, 0.3) is 0 Å². The van der Waals surface area contributed by atoms with Gasteiger partial charge in [-0.05, 0) is 38.4 Å². The van der Waals surface area contributed by atoms with E-state index in [2.05, 4.69) is 49.0 Å². The third kappa shape index (κ3) is 3.62. The van der Waals surface area contributed by atoms with Gasteiger partial charge in [0.1, 0.15) is 0 Å². The number of thioether (sulfide) groups is 1. The highest BCUT2D eigenvalue weighted by atomic mass is 32.2. The van der Waals surface area contributed by atoms with E-state index in [9.17, 15) is 0 Å². The van der Waals surface area contributed by atoms with Gasteiger partial charge in [0.05, 0.1) is 0 Å². The lowest BCUT2D eigenvalue weighted by atomic mass is 10.00. The first kappa shape index (κ1) is 13.7. The molecule has 0 spiro atoms. The van der Waals surface area contributed by atoms with Crippen LogP contribution in [0, 0.1) is 5.92 Å². The van der Waals surface area contributed by atoms with E-state index in [0.29, 0.717) is 16.8 Å². The largest absolute Gasteiger partial charge is 0.311 e. The molecule has 0 aromatic carbocycles. The highest BCUT2D eigenvalue weighted by Gasteiger charge is 2.44. The molecule has 17 heavy (non-hydrogen) atoms. The SMILES string of the molecule is CSC1(CN2CC(CC(C)C)NCC2C)CC1. The third-order valence-electron chi connectivity index (χ3n) is 4.27. The molecular formula is C14H28N2S. The second-order valence-corrected chi connectivity index (χ2v) is 7.67. The van der Waals surface area contributed by atoms with E-state index in [1.54, 1.807) is 0 Å². The number of piperazine rings is 1. The number of rotatable bonds is 5. The van der Waals surface area contributed by atoms with Crippen LogP contribution in [-0.2, 0) is 0 Å². The van der Waals surface area contributed by atoms with Crippen molar-refractivity contribution in [1.82, 2.24) is 10.2 Å². The summed E-state index contributed by atoms with van der Waals surface area (Å²) in [4.78, 5) is 2.73. The van der Waals surface area contributed by atoms with Crippen LogP contribution in [0.1, 0.15) is 40.0 Å². The summed E-state index contributed by atoms with van der Waals surface area (Å²) >= 11 is 2.09. The minimum atomic E-state index is 0.619. The van der Waals surface area contributed by atoms with Crippen LogP contribution >= 0.6 is 11.8 Å². The Balaban J connectivity index is 1.86. The standard InChI is InChI=1S/C14H28N2S/c1-11(2)7-13-9-16(12(3)8-15-13)10-14(17-4)5-6-14/h11-13,15H,5-10H2,1-4H3. The highest BCUT2D eigenvalue weighted by Crippen LogP contribution is 2.48. The molecule has 2 fully saturated rings. The molecule has 0 amide bonds. The van der Waals surface area contributed by atoms with Crippen molar-refractivity contribution in [3.8, 4) is 0 Å². The summed E-state index contributed by atoms with van der Waals surface area (Å²) < 4.78 is 0.619. The second kappa shape index (κ2) is 5.50. The van der Waals surface area contributed by atoms with Gasteiger partial charge in [0.2, 0.25) is 0 Å². The molecule has 0 bridgehead atoms. The zero-order valence-corrected chi connectivity index (χ0v) is 12.6. The molecule has 2 unspecified atom stereocenters. The molecule has 1 aliphatic carbocycles. The molecule has 1 saturated carbocycles. The predicted molar refractivity (Wildman–Crippen MR) is 77.8 cm³/mol. The molecular weight excluding hydrogens is 228 g/mol. The van der Waals surface area contributed by atoms with Crippen molar-refractivity contribution in [2.75, 3.05) is 25.9 Å². The van der Waals surface area contributed by atoms with Gasteiger partial charge >= 0.3 is 0 Å². The van der Waals surface area contributed by atoms with E-state index in [0.717, 1.165) is 5.92 Å². The van der Waals surface area contributed by atoms with Crippen molar-refractivity contribution in [2.45, 2.75) is 56.9 Å². The van der Waals surface area contributed by atoms with Crippen molar-refractivity contribution < 1.29 is 0 Å². The van der Waals surface area contributed by atoms with E-state index < -0.39 is 0 Å². The number of hydrogen-bond acceptors (Lipinski definition) is 3. The molecule has 1 saturated heterocycles. The summed E-state index contributed by atoms with van der Waals surface area (Å²) in [5, 5.41) is 3.71. The van der Waals surface area contributed by atoms with Gasteiger partial charge in [-0.3, -0.25) is 4.90 Å². The molecule has 2 rings (SSSR count). The van der Waals surface area contributed by atoms with Crippen molar-refractivity contribution >= 4 is 11.8 Å². The van der Waals surface area contributed by atoms with Gasteiger partial charge in [0.25, 0.3) is 0 Å². The van der Waals surface area contributed by atoms with E-state index >= 15 is 0 Å². The first-order valence-electron chi connectivity index (χ1n) is 7.07. The van der Waals surface area contributed by atoms with Crippen LogP contribution in [0.15, 0.2) is 0 Å². The van der Waals surface area contributed by atoms with E-state index in [-0.39, 0.29) is 0 Å². The number of nitrogens with one attached hydrogen (secondary N) is 1. The maximum absolute atomic E-state index is 3.71. The summed E-state index contributed by atoms with van der Waals surface area (Å²) in [7, 11) is 0. The van der Waals surface area contributed by atoms with Crippen LogP contribution in [0.2, 0.25) is 0 Å². The van der Waals surface area contributed by atoms with E-state index in [4.69, 9.17) is 0 Å². The Morgan fingerprint density at radius 1 is 1.41 bits per heavy atom. The van der Waals surface area contributed by atoms with Gasteiger partial charge in [-0.15, -0.1) is 0 Å². The fourth-order valence-corrected chi connectivity index (χ4v) is 3.68.